The molecule has 1 aromatic carbocycles. The molecule has 1 aromatic heterocycles. The molecule has 0 radical (unpaired) electrons. The quantitative estimate of drug-likeness (QED) is 0.650. The van der Waals surface area contributed by atoms with Crippen LogP contribution in [0, 0.1) is 6.92 Å². The Hall–Kier alpha value is -1.69. The number of hydrogen-bond acceptors (Lipinski definition) is 3. The molecule has 0 aliphatic rings. The van der Waals surface area contributed by atoms with Crippen LogP contribution in [-0.2, 0) is 4.79 Å². The standard InChI is InChI=1S/C15H13ClN2OS2/c1-10-4-5-11(9-13(10)16)17-15(20)18-14(19)7-6-12-3-2-8-21-12/h2-9H,1H3,(H2,17,18,19,20)/b7-6+. The van der Waals surface area contributed by atoms with Gasteiger partial charge in [0.25, 0.3) is 0 Å². The molecule has 0 atom stereocenters. The molecule has 0 bridgehead atoms. The maximum atomic E-state index is 11.7. The van der Waals surface area contributed by atoms with Crippen LogP contribution in [0.3, 0.4) is 0 Å². The fraction of sp³-hybridized carbons (Fsp3) is 0.0667. The lowest BCUT2D eigenvalue weighted by molar-refractivity contribution is -0.115. The van der Waals surface area contributed by atoms with Crippen molar-refractivity contribution in [3.05, 3.63) is 57.3 Å². The number of aryl methyl sites for hydroxylation is 1. The van der Waals surface area contributed by atoms with E-state index >= 15 is 0 Å². The topological polar surface area (TPSA) is 41.1 Å². The first-order valence-electron chi connectivity index (χ1n) is 6.14. The van der Waals surface area contributed by atoms with Crippen molar-refractivity contribution in [3.63, 3.8) is 0 Å². The molecule has 21 heavy (non-hydrogen) atoms. The number of anilines is 1. The molecular formula is C15H13ClN2OS2. The van der Waals surface area contributed by atoms with Crippen molar-refractivity contribution in [1.29, 1.82) is 0 Å². The monoisotopic (exact) mass is 336 g/mol. The van der Waals surface area contributed by atoms with E-state index in [-0.39, 0.29) is 11.0 Å². The molecule has 0 spiro atoms. The van der Waals surface area contributed by atoms with Crippen molar-refractivity contribution in [1.82, 2.24) is 5.32 Å². The van der Waals surface area contributed by atoms with Gasteiger partial charge in [0.2, 0.25) is 5.91 Å². The van der Waals surface area contributed by atoms with Crippen molar-refractivity contribution < 1.29 is 4.79 Å². The van der Waals surface area contributed by atoms with Gasteiger partial charge in [-0.15, -0.1) is 11.3 Å². The molecule has 0 aliphatic heterocycles. The fourth-order valence-electron chi connectivity index (χ4n) is 1.53. The second kappa shape index (κ2) is 7.36. The number of thiophene rings is 1. The second-order valence-corrected chi connectivity index (χ2v) is 6.05. The molecule has 6 heteroatoms. The van der Waals surface area contributed by atoms with Gasteiger partial charge >= 0.3 is 0 Å². The molecule has 108 valence electrons. The van der Waals surface area contributed by atoms with Gasteiger partial charge in [-0.25, -0.2) is 0 Å². The number of hydrogen-bond donors (Lipinski definition) is 2. The Morgan fingerprint density at radius 1 is 1.38 bits per heavy atom. The second-order valence-electron chi connectivity index (χ2n) is 4.26. The van der Waals surface area contributed by atoms with Gasteiger partial charge in [0, 0.05) is 21.7 Å². The maximum absolute atomic E-state index is 11.7. The zero-order valence-corrected chi connectivity index (χ0v) is 13.6. The van der Waals surface area contributed by atoms with Crippen LogP contribution in [0.5, 0.6) is 0 Å². The van der Waals surface area contributed by atoms with Gasteiger partial charge in [-0.1, -0.05) is 23.7 Å². The van der Waals surface area contributed by atoms with E-state index in [4.69, 9.17) is 23.8 Å². The molecule has 1 heterocycles. The van der Waals surface area contributed by atoms with E-state index in [1.807, 2.05) is 36.6 Å². The van der Waals surface area contributed by atoms with Crippen LogP contribution < -0.4 is 10.6 Å². The highest BCUT2D eigenvalue weighted by molar-refractivity contribution is 7.80. The average Bonchev–Trinajstić information content (AvgIpc) is 2.94. The highest BCUT2D eigenvalue weighted by Crippen LogP contribution is 2.19. The largest absolute Gasteiger partial charge is 0.332 e. The minimum atomic E-state index is -0.279. The third-order valence-electron chi connectivity index (χ3n) is 2.61. The van der Waals surface area contributed by atoms with Crippen LogP contribution in [0.4, 0.5) is 5.69 Å². The number of carbonyl (C=O) groups is 1. The summed E-state index contributed by atoms with van der Waals surface area (Å²) >= 11 is 12.7. The van der Waals surface area contributed by atoms with E-state index < -0.39 is 0 Å². The minimum Gasteiger partial charge on any atom is -0.332 e. The third-order valence-corrected chi connectivity index (χ3v) is 4.06. The van der Waals surface area contributed by atoms with Gasteiger partial charge in [-0.3, -0.25) is 10.1 Å². The third kappa shape index (κ3) is 4.97. The molecular weight excluding hydrogens is 324 g/mol. The van der Waals surface area contributed by atoms with Crippen molar-refractivity contribution in [3.8, 4) is 0 Å². The van der Waals surface area contributed by atoms with Crippen molar-refractivity contribution in [2.24, 2.45) is 0 Å². The predicted octanol–water partition coefficient (Wildman–Crippen LogP) is 4.24. The summed E-state index contributed by atoms with van der Waals surface area (Å²) in [4.78, 5) is 12.7. The smallest absolute Gasteiger partial charge is 0.250 e. The zero-order chi connectivity index (χ0) is 15.2. The van der Waals surface area contributed by atoms with E-state index in [0.29, 0.717) is 5.02 Å². The molecule has 1 amide bonds. The molecule has 3 nitrogen and oxygen atoms in total. The number of rotatable bonds is 3. The fourth-order valence-corrected chi connectivity index (χ4v) is 2.55. The normalized spacial score (nSPS) is 10.6. The Morgan fingerprint density at radius 2 is 2.19 bits per heavy atom. The number of thiocarbonyl (C=S) groups is 1. The lowest BCUT2D eigenvalue weighted by atomic mass is 10.2. The molecule has 0 aliphatic carbocycles. The highest BCUT2D eigenvalue weighted by Gasteiger charge is 2.03. The first kappa shape index (κ1) is 15.7. The lowest BCUT2D eigenvalue weighted by Crippen LogP contribution is -2.32. The molecule has 0 saturated heterocycles. The number of benzene rings is 1. The van der Waals surface area contributed by atoms with Gasteiger partial charge in [0.15, 0.2) is 5.11 Å². The summed E-state index contributed by atoms with van der Waals surface area (Å²) in [6.45, 7) is 1.92. The highest BCUT2D eigenvalue weighted by atomic mass is 35.5. The van der Waals surface area contributed by atoms with Crippen molar-refractivity contribution in [2.75, 3.05) is 5.32 Å². The van der Waals surface area contributed by atoms with Crippen molar-refractivity contribution in [2.45, 2.75) is 6.92 Å². The Morgan fingerprint density at radius 3 is 2.86 bits per heavy atom. The number of nitrogens with one attached hydrogen (secondary N) is 2. The zero-order valence-electron chi connectivity index (χ0n) is 11.2. The first-order valence-corrected chi connectivity index (χ1v) is 7.81. The van der Waals surface area contributed by atoms with Gasteiger partial charge in [-0.2, -0.15) is 0 Å². The first-order chi connectivity index (χ1) is 10.0. The molecule has 2 aromatic rings. The predicted molar refractivity (Wildman–Crippen MR) is 93.9 cm³/mol. The van der Waals surface area contributed by atoms with E-state index in [1.165, 1.54) is 6.08 Å². The Kier molecular flexibility index (Phi) is 5.50. The summed E-state index contributed by atoms with van der Waals surface area (Å²) in [5.41, 5.74) is 1.72. The van der Waals surface area contributed by atoms with E-state index in [2.05, 4.69) is 10.6 Å². The van der Waals surface area contributed by atoms with E-state index in [9.17, 15) is 4.79 Å². The average molecular weight is 337 g/mol. The van der Waals surface area contributed by atoms with Crippen LogP contribution in [0.1, 0.15) is 10.4 Å². The Balaban J connectivity index is 1.89. The molecule has 0 unspecified atom stereocenters. The van der Waals surface area contributed by atoms with E-state index in [1.54, 1.807) is 23.5 Å². The van der Waals surface area contributed by atoms with Gasteiger partial charge in [0.05, 0.1) is 0 Å². The van der Waals surface area contributed by atoms with Crippen molar-refractivity contribution >= 4 is 57.9 Å². The Bertz CT molecular complexity index is 681. The summed E-state index contributed by atoms with van der Waals surface area (Å²) in [5, 5.41) is 8.33. The molecule has 2 N–H and O–H groups in total. The number of halogens is 1. The van der Waals surface area contributed by atoms with Gasteiger partial charge in [-0.05, 0) is 54.4 Å². The van der Waals surface area contributed by atoms with Gasteiger partial charge < -0.3 is 5.32 Å². The summed E-state index contributed by atoms with van der Waals surface area (Å²) in [6.07, 6.45) is 3.19. The summed E-state index contributed by atoms with van der Waals surface area (Å²) in [5.74, 6) is -0.279. The van der Waals surface area contributed by atoms with Crippen LogP contribution >= 0.6 is 35.2 Å². The number of carbonyl (C=O) groups excluding carboxylic acids is 1. The minimum absolute atomic E-state index is 0.232. The summed E-state index contributed by atoms with van der Waals surface area (Å²) in [6, 6.07) is 9.35. The molecule has 0 saturated carbocycles. The van der Waals surface area contributed by atoms with E-state index in [0.717, 1.165) is 16.1 Å². The molecule has 0 fully saturated rings. The Labute approximate surface area is 137 Å². The maximum Gasteiger partial charge on any atom is 0.250 e. The van der Waals surface area contributed by atoms with Crippen LogP contribution in [0.15, 0.2) is 41.8 Å². The lowest BCUT2D eigenvalue weighted by Gasteiger charge is -2.09. The summed E-state index contributed by atoms with van der Waals surface area (Å²) < 4.78 is 0. The summed E-state index contributed by atoms with van der Waals surface area (Å²) in [7, 11) is 0. The van der Waals surface area contributed by atoms with Crippen LogP contribution in [0.2, 0.25) is 5.02 Å². The van der Waals surface area contributed by atoms with Crippen LogP contribution in [0.25, 0.3) is 6.08 Å². The molecule has 2 rings (SSSR count). The van der Waals surface area contributed by atoms with Gasteiger partial charge in [0.1, 0.15) is 0 Å². The SMILES string of the molecule is Cc1ccc(NC(=S)NC(=O)/C=C/c2cccs2)cc1Cl. The number of amides is 1. The van der Waals surface area contributed by atoms with Crippen LogP contribution in [-0.4, -0.2) is 11.0 Å².